The van der Waals surface area contributed by atoms with Gasteiger partial charge in [0.05, 0.1) is 0 Å². The summed E-state index contributed by atoms with van der Waals surface area (Å²) < 4.78 is 5.90. The van der Waals surface area contributed by atoms with E-state index in [0.717, 1.165) is 53.9 Å². The van der Waals surface area contributed by atoms with E-state index in [9.17, 15) is 4.79 Å². The van der Waals surface area contributed by atoms with Crippen LogP contribution in [0.15, 0.2) is 23.3 Å². The summed E-state index contributed by atoms with van der Waals surface area (Å²) in [6, 6.07) is 0. The number of esters is 1. The molecular formula is C32H52O2. The van der Waals surface area contributed by atoms with Gasteiger partial charge in [-0.15, -0.1) is 0 Å². The third-order valence-electron chi connectivity index (χ3n) is 11.3. The maximum Gasteiger partial charge on any atom is 0.333 e. The van der Waals surface area contributed by atoms with Gasteiger partial charge >= 0.3 is 5.97 Å². The van der Waals surface area contributed by atoms with Crippen LogP contribution in [0.5, 0.6) is 0 Å². The van der Waals surface area contributed by atoms with E-state index in [0.29, 0.717) is 10.8 Å². The average molecular weight is 469 g/mol. The molecule has 0 radical (unpaired) electrons. The molecule has 2 nitrogen and oxygen atoms in total. The second-order valence-electron chi connectivity index (χ2n) is 13.5. The second kappa shape index (κ2) is 10.1. The number of carbonyl (C=O) groups is 1. The minimum Gasteiger partial charge on any atom is -0.459 e. The number of hydrogen-bond donors (Lipinski definition) is 0. The van der Waals surface area contributed by atoms with E-state index in [-0.39, 0.29) is 12.1 Å². The molecule has 4 rings (SSSR count). The van der Waals surface area contributed by atoms with Crippen LogP contribution in [0.1, 0.15) is 119 Å². The molecule has 3 fully saturated rings. The predicted molar refractivity (Wildman–Crippen MR) is 142 cm³/mol. The Balaban J connectivity index is 1.44. The van der Waals surface area contributed by atoms with Gasteiger partial charge in [0.15, 0.2) is 0 Å². The number of allylic oxidation sites excluding steroid dienone is 2. The summed E-state index contributed by atoms with van der Waals surface area (Å²) >= 11 is 0. The van der Waals surface area contributed by atoms with Crippen LogP contribution in [0, 0.1) is 46.3 Å². The van der Waals surface area contributed by atoms with Gasteiger partial charge in [-0.3, -0.25) is 0 Å². The SMILES string of the molecule is C/C=C(\C)C(=O)O[C@@H]1CC[C@@]2(C)C(=CC[C@H]3[C@@H]4CC[C@H]([C@H](C)CCCC(C)C)[C@@]4(C)CC[C@@H]32)C1. The first kappa shape index (κ1) is 26.0. The summed E-state index contributed by atoms with van der Waals surface area (Å²) in [4.78, 5) is 12.3. The van der Waals surface area contributed by atoms with Gasteiger partial charge in [0, 0.05) is 12.0 Å². The second-order valence-corrected chi connectivity index (χ2v) is 13.5. The molecule has 0 unspecified atom stereocenters. The van der Waals surface area contributed by atoms with Crippen molar-refractivity contribution < 1.29 is 9.53 Å². The van der Waals surface area contributed by atoms with Gasteiger partial charge in [0.25, 0.3) is 0 Å². The smallest absolute Gasteiger partial charge is 0.333 e. The maximum absolute atomic E-state index is 12.3. The van der Waals surface area contributed by atoms with E-state index in [1.54, 1.807) is 5.57 Å². The molecule has 0 saturated heterocycles. The molecule has 0 aromatic rings. The maximum atomic E-state index is 12.3. The van der Waals surface area contributed by atoms with Crippen molar-refractivity contribution in [1.82, 2.24) is 0 Å². The third kappa shape index (κ3) is 4.69. The Morgan fingerprint density at radius 3 is 2.56 bits per heavy atom. The van der Waals surface area contributed by atoms with E-state index in [2.05, 4.69) is 40.7 Å². The van der Waals surface area contributed by atoms with Crippen LogP contribution in [0.4, 0.5) is 0 Å². The van der Waals surface area contributed by atoms with E-state index < -0.39 is 0 Å². The van der Waals surface area contributed by atoms with E-state index in [1.165, 1.54) is 57.8 Å². The third-order valence-corrected chi connectivity index (χ3v) is 11.3. The Hall–Kier alpha value is -1.05. The minimum absolute atomic E-state index is 0.0645. The first-order valence-electron chi connectivity index (χ1n) is 14.6. The molecule has 0 aliphatic heterocycles. The zero-order chi connectivity index (χ0) is 24.7. The molecule has 0 aromatic carbocycles. The zero-order valence-corrected chi connectivity index (χ0v) is 23.3. The first-order valence-corrected chi connectivity index (χ1v) is 14.6. The van der Waals surface area contributed by atoms with Crippen molar-refractivity contribution in [3.63, 3.8) is 0 Å². The Kier molecular flexibility index (Phi) is 7.76. The molecule has 3 saturated carbocycles. The predicted octanol–water partition coefficient (Wildman–Crippen LogP) is 8.91. The average Bonchev–Trinajstić information content (AvgIpc) is 3.15. The van der Waals surface area contributed by atoms with Crippen molar-refractivity contribution in [3.05, 3.63) is 23.3 Å². The summed E-state index contributed by atoms with van der Waals surface area (Å²) in [6.45, 7) is 16.3. The summed E-state index contributed by atoms with van der Waals surface area (Å²) in [5.74, 6) is 5.11. The number of fused-ring (bicyclic) bond motifs is 5. The fourth-order valence-electron chi connectivity index (χ4n) is 9.11. The highest BCUT2D eigenvalue weighted by molar-refractivity contribution is 5.87. The van der Waals surface area contributed by atoms with Gasteiger partial charge in [-0.05, 0) is 105 Å². The van der Waals surface area contributed by atoms with Crippen LogP contribution in [0.3, 0.4) is 0 Å². The van der Waals surface area contributed by atoms with Crippen molar-refractivity contribution in [2.45, 2.75) is 125 Å². The van der Waals surface area contributed by atoms with E-state index in [1.807, 2.05) is 19.9 Å². The van der Waals surface area contributed by atoms with Gasteiger partial charge in [0.1, 0.15) is 6.10 Å². The normalized spacial score (nSPS) is 40.8. The first-order chi connectivity index (χ1) is 16.1. The molecule has 0 aromatic heterocycles. The fraction of sp³-hybridized carbons (Fsp3) is 0.844. The number of carbonyl (C=O) groups excluding carboxylic acids is 1. The van der Waals surface area contributed by atoms with Gasteiger partial charge in [0.2, 0.25) is 0 Å². The molecule has 4 aliphatic carbocycles. The van der Waals surface area contributed by atoms with Crippen LogP contribution < -0.4 is 0 Å². The zero-order valence-electron chi connectivity index (χ0n) is 23.3. The summed E-state index contributed by atoms with van der Waals surface area (Å²) in [6.07, 6.45) is 18.9. The summed E-state index contributed by atoms with van der Waals surface area (Å²) in [5, 5.41) is 0. The number of rotatable bonds is 7. The van der Waals surface area contributed by atoms with Crippen LogP contribution in [0.25, 0.3) is 0 Å². The Labute approximate surface area is 210 Å². The lowest BCUT2D eigenvalue weighted by molar-refractivity contribution is -0.146. The fourth-order valence-corrected chi connectivity index (χ4v) is 9.11. The molecule has 0 spiro atoms. The molecule has 192 valence electrons. The highest BCUT2D eigenvalue weighted by atomic mass is 16.5. The molecule has 34 heavy (non-hydrogen) atoms. The molecular weight excluding hydrogens is 416 g/mol. The minimum atomic E-state index is -0.127. The lowest BCUT2D eigenvalue weighted by Crippen LogP contribution is -2.51. The monoisotopic (exact) mass is 468 g/mol. The quantitative estimate of drug-likeness (QED) is 0.212. The van der Waals surface area contributed by atoms with Gasteiger partial charge < -0.3 is 4.74 Å². The van der Waals surface area contributed by atoms with Crippen LogP contribution >= 0.6 is 0 Å². The van der Waals surface area contributed by atoms with Gasteiger partial charge in [-0.25, -0.2) is 4.79 Å². The molecule has 8 atom stereocenters. The lowest BCUT2D eigenvalue weighted by Gasteiger charge is -2.58. The largest absolute Gasteiger partial charge is 0.459 e. The van der Waals surface area contributed by atoms with Crippen LogP contribution in [-0.4, -0.2) is 12.1 Å². The van der Waals surface area contributed by atoms with E-state index in [4.69, 9.17) is 4.74 Å². The Morgan fingerprint density at radius 2 is 1.85 bits per heavy atom. The number of hydrogen-bond acceptors (Lipinski definition) is 2. The Morgan fingerprint density at radius 1 is 1.09 bits per heavy atom. The van der Waals surface area contributed by atoms with Crippen LogP contribution in [0.2, 0.25) is 0 Å². The summed E-state index contributed by atoms with van der Waals surface area (Å²) in [5.41, 5.74) is 3.21. The van der Waals surface area contributed by atoms with E-state index >= 15 is 0 Å². The van der Waals surface area contributed by atoms with Crippen molar-refractivity contribution in [1.29, 1.82) is 0 Å². The highest BCUT2D eigenvalue weighted by Crippen LogP contribution is 2.67. The topological polar surface area (TPSA) is 26.3 Å². The summed E-state index contributed by atoms with van der Waals surface area (Å²) in [7, 11) is 0. The van der Waals surface area contributed by atoms with Crippen molar-refractivity contribution in [3.8, 4) is 0 Å². The highest BCUT2D eigenvalue weighted by Gasteiger charge is 2.59. The Bertz CT molecular complexity index is 806. The van der Waals surface area contributed by atoms with Crippen molar-refractivity contribution in [2.24, 2.45) is 46.3 Å². The van der Waals surface area contributed by atoms with Gasteiger partial charge in [-0.2, -0.15) is 0 Å². The molecule has 0 N–H and O–H groups in total. The molecule has 0 heterocycles. The lowest BCUT2D eigenvalue weighted by atomic mass is 9.47. The van der Waals surface area contributed by atoms with Crippen molar-refractivity contribution in [2.75, 3.05) is 0 Å². The van der Waals surface area contributed by atoms with Gasteiger partial charge in [-0.1, -0.05) is 71.6 Å². The van der Waals surface area contributed by atoms with Crippen molar-refractivity contribution >= 4 is 5.97 Å². The van der Waals surface area contributed by atoms with Crippen LogP contribution in [-0.2, 0) is 9.53 Å². The molecule has 0 bridgehead atoms. The molecule has 2 heteroatoms. The molecule has 4 aliphatic rings. The number of ether oxygens (including phenoxy) is 1. The molecule has 0 amide bonds. The standard InChI is InChI=1S/C32H52O2/c1-8-22(4)30(33)34-25-16-18-31(6)24(20-25)12-13-26-28-15-14-27(23(5)11-9-10-21(2)3)32(28,7)19-17-29(26)31/h8,12,21,23,25-29H,9-11,13-20H2,1-7H3/b22-8+/t23-,25-,26+,27-,28+,29+,31+,32-/m1/s1.